The van der Waals surface area contributed by atoms with Crippen LogP contribution < -0.4 is 10.9 Å². The minimum absolute atomic E-state index is 0.0894. The second-order valence-corrected chi connectivity index (χ2v) is 5.60. The molecule has 0 aliphatic carbocycles. The summed E-state index contributed by atoms with van der Waals surface area (Å²) in [6, 6.07) is 6.12. The lowest BCUT2D eigenvalue weighted by Crippen LogP contribution is -2.34. The van der Waals surface area contributed by atoms with Crippen molar-refractivity contribution in [2.24, 2.45) is 22.0 Å². The summed E-state index contributed by atoms with van der Waals surface area (Å²) in [5.41, 5.74) is 5.35. The maximum Gasteiger partial charge on any atom is 0.256 e. The fourth-order valence-electron chi connectivity index (χ4n) is 2.77. The molecule has 1 aromatic carbocycles. The standard InChI is InChI=1S/C16H14N4O4/c1-7-11(15(23)19-17-7)13(21)9-5-3-4-6-10(9)14(22)12-8(2)18-20-16(12)24/h3-6,11-12H,1-2H3,(H,19,23)(H,20,24). The summed E-state index contributed by atoms with van der Waals surface area (Å²) in [6.07, 6.45) is 0. The number of Topliss-reactive ketones (excluding diaryl/α,β-unsaturated/α-hetero) is 2. The Balaban J connectivity index is 2.00. The van der Waals surface area contributed by atoms with Crippen LogP contribution in [0.1, 0.15) is 34.6 Å². The van der Waals surface area contributed by atoms with Gasteiger partial charge >= 0.3 is 0 Å². The van der Waals surface area contributed by atoms with Gasteiger partial charge in [-0.25, -0.2) is 10.9 Å². The van der Waals surface area contributed by atoms with Gasteiger partial charge in [0, 0.05) is 11.1 Å². The predicted octanol–water partition coefficient (Wildman–Crippen LogP) is 0.296. The van der Waals surface area contributed by atoms with Crippen molar-refractivity contribution in [3.8, 4) is 0 Å². The zero-order valence-electron chi connectivity index (χ0n) is 13.0. The molecule has 2 aliphatic heterocycles. The first kappa shape index (κ1) is 15.7. The summed E-state index contributed by atoms with van der Waals surface area (Å²) in [7, 11) is 0. The van der Waals surface area contributed by atoms with Crippen molar-refractivity contribution in [1.29, 1.82) is 0 Å². The predicted molar refractivity (Wildman–Crippen MR) is 84.6 cm³/mol. The van der Waals surface area contributed by atoms with Crippen LogP contribution in [0, 0.1) is 11.8 Å². The second kappa shape index (κ2) is 5.80. The molecule has 2 aliphatic rings. The fraction of sp³-hybridized carbons (Fsp3) is 0.250. The number of amides is 2. The molecule has 0 radical (unpaired) electrons. The van der Waals surface area contributed by atoms with Crippen LogP contribution in [0.25, 0.3) is 0 Å². The van der Waals surface area contributed by atoms with E-state index in [2.05, 4.69) is 21.1 Å². The molecular weight excluding hydrogens is 312 g/mol. The molecule has 122 valence electrons. The van der Waals surface area contributed by atoms with Gasteiger partial charge in [0.2, 0.25) is 0 Å². The van der Waals surface area contributed by atoms with Gasteiger partial charge in [-0.05, 0) is 13.8 Å². The summed E-state index contributed by atoms with van der Waals surface area (Å²) in [5, 5.41) is 7.50. The van der Waals surface area contributed by atoms with Crippen molar-refractivity contribution in [1.82, 2.24) is 10.9 Å². The van der Waals surface area contributed by atoms with Crippen LogP contribution in [0.4, 0.5) is 0 Å². The smallest absolute Gasteiger partial charge is 0.256 e. The molecule has 0 saturated carbocycles. The number of hydrazone groups is 2. The zero-order chi connectivity index (χ0) is 17.4. The van der Waals surface area contributed by atoms with Crippen LogP contribution >= 0.6 is 0 Å². The summed E-state index contributed by atoms with van der Waals surface area (Å²) in [4.78, 5) is 49.1. The van der Waals surface area contributed by atoms with E-state index in [9.17, 15) is 19.2 Å². The summed E-state index contributed by atoms with van der Waals surface area (Å²) in [5.74, 6) is -4.24. The third-order valence-corrected chi connectivity index (χ3v) is 4.03. The fourth-order valence-corrected chi connectivity index (χ4v) is 2.77. The van der Waals surface area contributed by atoms with Crippen molar-refractivity contribution in [3.05, 3.63) is 35.4 Å². The Morgan fingerprint density at radius 3 is 1.50 bits per heavy atom. The molecule has 0 fully saturated rings. The van der Waals surface area contributed by atoms with Gasteiger partial charge in [0.1, 0.15) is 11.8 Å². The van der Waals surface area contributed by atoms with Gasteiger partial charge in [-0.2, -0.15) is 10.2 Å². The maximum absolute atomic E-state index is 12.7. The molecule has 2 heterocycles. The minimum Gasteiger partial charge on any atom is -0.293 e. The number of hydrogen-bond acceptors (Lipinski definition) is 6. The average Bonchev–Trinajstić information content (AvgIpc) is 3.08. The van der Waals surface area contributed by atoms with E-state index < -0.39 is 35.2 Å². The van der Waals surface area contributed by atoms with E-state index in [1.54, 1.807) is 26.0 Å². The van der Waals surface area contributed by atoms with Gasteiger partial charge in [-0.3, -0.25) is 19.2 Å². The third kappa shape index (κ3) is 2.41. The van der Waals surface area contributed by atoms with E-state index >= 15 is 0 Å². The Bertz CT molecular complexity index is 771. The highest BCUT2D eigenvalue weighted by Gasteiger charge is 2.39. The molecule has 0 bridgehead atoms. The maximum atomic E-state index is 12.7. The van der Waals surface area contributed by atoms with Gasteiger partial charge in [0.25, 0.3) is 11.8 Å². The van der Waals surface area contributed by atoms with E-state index in [0.29, 0.717) is 11.4 Å². The van der Waals surface area contributed by atoms with Crippen molar-refractivity contribution in [3.63, 3.8) is 0 Å². The number of benzene rings is 1. The van der Waals surface area contributed by atoms with E-state index in [-0.39, 0.29) is 11.1 Å². The average molecular weight is 326 g/mol. The molecule has 8 nitrogen and oxygen atoms in total. The normalized spacial score (nSPS) is 22.6. The Hall–Kier alpha value is -3.16. The largest absolute Gasteiger partial charge is 0.293 e. The Morgan fingerprint density at radius 2 is 1.21 bits per heavy atom. The zero-order valence-corrected chi connectivity index (χ0v) is 13.0. The van der Waals surface area contributed by atoms with Crippen LogP contribution in [-0.4, -0.2) is 34.8 Å². The molecule has 2 unspecified atom stereocenters. The summed E-state index contributed by atoms with van der Waals surface area (Å²) < 4.78 is 0. The monoisotopic (exact) mass is 326 g/mol. The highest BCUT2D eigenvalue weighted by molar-refractivity contribution is 6.31. The lowest BCUT2D eigenvalue weighted by atomic mass is 9.86. The number of nitrogens with zero attached hydrogens (tertiary/aromatic N) is 2. The molecule has 2 atom stereocenters. The molecule has 0 aromatic heterocycles. The van der Waals surface area contributed by atoms with E-state index in [4.69, 9.17) is 0 Å². The third-order valence-electron chi connectivity index (χ3n) is 4.03. The van der Waals surface area contributed by atoms with E-state index in [0.717, 1.165) is 0 Å². The molecule has 2 N–H and O–H groups in total. The highest BCUT2D eigenvalue weighted by atomic mass is 16.2. The topological polar surface area (TPSA) is 117 Å². The van der Waals surface area contributed by atoms with Crippen LogP contribution in [0.5, 0.6) is 0 Å². The highest BCUT2D eigenvalue weighted by Crippen LogP contribution is 2.22. The second-order valence-electron chi connectivity index (χ2n) is 5.60. The van der Waals surface area contributed by atoms with E-state index in [1.807, 2.05) is 0 Å². The number of carbonyl (C=O) groups is 4. The first-order chi connectivity index (χ1) is 11.4. The van der Waals surface area contributed by atoms with Crippen molar-refractivity contribution in [2.45, 2.75) is 13.8 Å². The minimum atomic E-state index is -1.06. The number of carbonyl (C=O) groups excluding carboxylic acids is 4. The molecule has 0 saturated heterocycles. The van der Waals surface area contributed by atoms with Crippen molar-refractivity contribution in [2.75, 3.05) is 0 Å². The molecular formula is C16H14N4O4. The molecule has 1 aromatic rings. The molecule has 8 heteroatoms. The quantitative estimate of drug-likeness (QED) is 0.611. The van der Waals surface area contributed by atoms with E-state index in [1.165, 1.54) is 12.1 Å². The summed E-state index contributed by atoms with van der Waals surface area (Å²) in [6.45, 7) is 3.12. The lowest BCUT2D eigenvalue weighted by molar-refractivity contribution is -0.122. The summed E-state index contributed by atoms with van der Waals surface area (Å²) >= 11 is 0. The number of ketones is 2. The van der Waals surface area contributed by atoms with Gasteiger partial charge in [-0.1, -0.05) is 24.3 Å². The van der Waals surface area contributed by atoms with Gasteiger partial charge < -0.3 is 0 Å². The molecule has 2 amide bonds. The van der Waals surface area contributed by atoms with Crippen LogP contribution in [0.2, 0.25) is 0 Å². The number of rotatable bonds is 4. The van der Waals surface area contributed by atoms with Crippen molar-refractivity contribution < 1.29 is 19.2 Å². The van der Waals surface area contributed by atoms with Crippen LogP contribution in [0.3, 0.4) is 0 Å². The van der Waals surface area contributed by atoms with Gasteiger partial charge in [0.15, 0.2) is 11.6 Å². The molecule has 24 heavy (non-hydrogen) atoms. The SMILES string of the molecule is CC1=NNC(=O)C1C(=O)c1ccccc1C(=O)C1C(=O)NN=C1C. The molecule has 3 rings (SSSR count). The Morgan fingerprint density at radius 1 is 0.833 bits per heavy atom. The lowest BCUT2D eigenvalue weighted by Gasteiger charge is -2.13. The number of nitrogens with one attached hydrogen (secondary N) is 2. The first-order valence-electron chi connectivity index (χ1n) is 7.27. The Labute approximate surface area is 137 Å². The van der Waals surface area contributed by atoms with Gasteiger partial charge in [-0.15, -0.1) is 0 Å². The first-order valence-corrected chi connectivity index (χ1v) is 7.27. The Kier molecular flexibility index (Phi) is 3.80. The number of hydrogen-bond donors (Lipinski definition) is 2. The van der Waals surface area contributed by atoms with Crippen LogP contribution in [0.15, 0.2) is 34.5 Å². The van der Waals surface area contributed by atoms with Gasteiger partial charge in [0.05, 0.1) is 11.4 Å². The molecule has 0 spiro atoms. The van der Waals surface area contributed by atoms with Crippen molar-refractivity contribution >= 4 is 34.8 Å². The van der Waals surface area contributed by atoms with Crippen LogP contribution in [-0.2, 0) is 9.59 Å².